The Morgan fingerprint density at radius 2 is 1.86 bits per heavy atom. The number of hydrogen-bond acceptors (Lipinski definition) is 4. The molecule has 0 atom stereocenters. The molecule has 0 saturated carbocycles. The van der Waals surface area contributed by atoms with Crippen LogP contribution in [0, 0.1) is 5.92 Å². The first kappa shape index (κ1) is 20.8. The molecule has 0 spiro atoms. The van der Waals surface area contributed by atoms with Gasteiger partial charge < -0.3 is 14.2 Å². The average Bonchev–Trinajstić information content (AvgIpc) is 3.11. The van der Waals surface area contributed by atoms with Crippen LogP contribution in [0.2, 0.25) is 0 Å². The minimum absolute atomic E-state index is 0.0630. The third kappa shape index (κ3) is 5.56. The average molecular weight is 396 g/mol. The number of rotatable bonds is 4. The normalized spacial score (nSPS) is 15.7. The van der Waals surface area contributed by atoms with Gasteiger partial charge in [0.2, 0.25) is 0 Å². The Bertz CT molecular complexity index is 900. The van der Waals surface area contributed by atoms with Crippen LogP contribution in [0.4, 0.5) is 4.79 Å². The van der Waals surface area contributed by atoms with Gasteiger partial charge in [-0.2, -0.15) is 0 Å². The van der Waals surface area contributed by atoms with E-state index in [0.717, 1.165) is 16.8 Å². The number of aryl methyl sites for hydroxylation is 1. The van der Waals surface area contributed by atoms with Crippen molar-refractivity contribution in [3.05, 3.63) is 48.4 Å². The first-order valence-electron chi connectivity index (χ1n) is 10.00. The standard InChI is InChI=1S/C23H29N3O3/c1-23(2,3)29-22(28)26-13-11-18(12-14-26)21(27)10-9-17-7-5-6-8-19(17)20-15-25(4)16-24-20/h5-10,15-16,18H,11-14H2,1-4H3/b10-9+. The number of benzene rings is 1. The van der Waals surface area contributed by atoms with E-state index in [4.69, 9.17) is 4.74 Å². The lowest BCUT2D eigenvalue weighted by atomic mass is 9.92. The molecule has 1 aliphatic rings. The summed E-state index contributed by atoms with van der Waals surface area (Å²) in [6.45, 7) is 6.66. The molecular formula is C23H29N3O3. The highest BCUT2D eigenvalue weighted by atomic mass is 16.6. The van der Waals surface area contributed by atoms with Crippen LogP contribution in [-0.4, -0.2) is 45.0 Å². The molecule has 0 radical (unpaired) electrons. The van der Waals surface area contributed by atoms with Crippen LogP contribution in [0.15, 0.2) is 42.9 Å². The van der Waals surface area contributed by atoms with Crippen molar-refractivity contribution in [2.45, 2.75) is 39.2 Å². The molecule has 0 aliphatic carbocycles. The van der Waals surface area contributed by atoms with E-state index in [2.05, 4.69) is 4.98 Å². The maximum Gasteiger partial charge on any atom is 0.410 e. The van der Waals surface area contributed by atoms with Gasteiger partial charge in [0.05, 0.1) is 12.0 Å². The highest BCUT2D eigenvalue weighted by Crippen LogP contribution is 2.24. The zero-order chi connectivity index (χ0) is 21.0. The lowest BCUT2D eigenvalue weighted by Crippen LogP contribution is -2.42. The van der Waals surface area contributed by atoms with Crippen molar-refractivity contribution in [1.82, 2.24) is 14.5 Å². The summed E-state index contributed by atoms with van der Waals surface area (Å²) in [5.74, 6) is 0.0385. The summed E-state index contributed by atoms with van der Waals surface area (Å²) in [5, 5.41) is 0. The van der Waals surface area contributed by atoms with E-state index >= 15 is 0 Å². The summed E-state index contributed by atoms with van der Waals surface area (Å²) in [7, 11) is 1.93. The summed E-state index contributed by atoms with van der Waals surface area (Å²) in [4.78, 5) is 31.0. The highest BCUT2D eigenvalue weighted by Gasteiger charge is 2.29. The number of allylic oxidation sites excluding steroid dienone is 1. The fourth-order valence-electron chi connectivity index (χ4n) is 3.41. The Balaban J connectivity index is 1.61. The molecule has 154 valence electrons. The molecule has 1 amide bonds. The highest BCUT2D eigenvalue weighted by molar-refractivity contribution is 5.96. The monoisotopic (exact) mass is 395 g/mol. The van der Waals surface area contributed by atoms with Crippen molar-refractivity contribution in [2.75, 3.05) is 13.1 Å². The number of ether oxygens (including phenoxy) is 1. The van der Waals surface area contributed by atoms with Crippen LogP contribution in [0.25, 0.3) is 17.3 Å². The predicted molar refractivity (Wildman–Crippen MR) is 113 cm³/mol. The number of carbonyl (C=O) groups is 2. The quantitative estimate of drug-likeness (QED) is 0.724. The van der Waals surface area contributed by atoms with Gasteiger partial charge in [-0.3, -0.25) is 4.79 Å². The van der Waals surface area contributed by atoms with Crippen molar-refractivity contribution >= 4 is 18.0 Å². The van der Waals surface area contributed by atoms with E-state index < -0.39 is 5.60 Å². The molecular weight excluding hydrogens is 366 g/mol. The molecule has 1 aromatic heterocycles. The van der Waals surface area contributed by atoms with E-state index in [1.165, 1.54) is 0 Å². The number of likely N-dealkylation sites (tertiary alicyclic amines) is 1. The Kier molecular flexibility index (Phi) is 6.20. The molecule has 6 nitrogen and oxygen atoms in total. The molecule has 3 rings (SSSR count). The third-order valence-corrected chi connectivity index (χ3v) is 4.92. The first-order chi connectivity index (χ1) is 13.7. The van der Waals surface area contributed by atoms with Crippen LogP contribution in [-0.2, 0) is 16.6 Å². The second-order valence-electron chi connectivity index (χ2n) is 8.49. The van der Waals surface area contributed by atoms with E-state index in [1.54, 1.807) is 17.3 Å². The fourth-order valence-corrected chi connectivity index (χ4v) is 3.41. The molecule has 0 N–H and O–H groups in total. The lowest BCUT2D eigenvalue weighted by Gasteiger charge is -2.32. The molecule has 1 aliphatic heterocycles. The number of aromatic nitrogens is 2. The summed E-state index contributed by atoms with van der Waals surface area (Å²) in [5.41, 5.74) is 2.33. The summed E-state index contributed by atoms with van der Waals surface area (Å²) in [6, 6.07) is 7.91. The van der Waals surface area contributed by atoms with Gasteiger partial charge in [0.1, 0.15) is 5.60 Å². The minimum Gasteiger partial charge on any atom is -0.444 e. The second-order valence-corrected chi connectivity index (χ2v) is 8.49. The van der Waals surface area contributed by atoms with E-state index in [1.807, 2.05) is 68.9 Å². The lowest BCUT2D eigenvalue weighted by molar-refractivity contribution is -0.119. The maximum absolute atomic E-state index is 12.7. The molecule has 6 heteroatoms. The van der Waals surface area contributed by atoms with Gasteiger partial charge in [0.25, 0.3) is 0 Å². The largest absolute Gasteiger partial charge is 0.444 e. The van der Waals surface area contributed by atoms with E-state index in [-0.39, 0.29) is 17.8 Å². The Morgan fingerprint density at radius 3 is 2.48 bits per heavy atom. The van der Waals surface area contributed by atoms with Gasteiger partial charge in [0, 0.05) is 37.8 Å². The van der Waals surface area contributed by atoms with Gasteiger partial charge in [-0.1, -0.05) is 30.3 Å². The Hall–Kier alpha value is -2.89. The number of piperidine rings is 1. The number of ketones is 1. The van der Waals surface area contributed by atoms with Gasteiger partial charge in [-0.05, 0) is 45.3 Å². The Morgan fingerprint density at radius 1 is 1.17 bits per heavy atom. The van der Waals surface area contributed by atoms with Crippen LogP contribution < -0.4 is 0 Å². The number of imidazole rings is 1. The van der Waals surface area contributed by atoms with Gasteiger partial charge >= 0.3 is 6.09 Å². The second kappa shape index (κ2) is 8.64. The van der Waals surface area contributed by atoms with Crippen LogP contribution in [0.3, 0.4) is 0 Å². The van der Waals surface area contributed by atoms with Crippen molar-refractivity contribution in [3.63, 3.8) is 0 Å². The number of hydrogen-bond donors (Lipinski definition) is 0. The van der Waals surface area contributed by atoms with Gasteiger partial charge in [-0.25, -0.2) is 9.78 Å². The molecule has 2 heterocycles. The van der Waals surface area contributed by atoms with Crippen LogP contribution in [0.1, 0.15) is 39.2 Å². The van der Waals surface area contributed by atoms with Crippen LogP contribution >= 0.6 is 0 Å². The third-order valence-electron chi connectivity index (χ3n) is 4.92. The number of nitrogens with zero attached hydrogens (tertiary/aromatic N) is 3. The molecule has 0 bridgehead atoms. The predicted octanol–water partition coefficient (Wildman–Crippen LogP) is 4.32. The molecule has 2 aromatic rings. The van der Waals surface area contributed by atoms with Crippen molar-refractivity contribution in [2.24, 2.45) is 13.0 Å². The first-order valence-corrected chi connectivity index (χ1v) is 10.00. The maximum atomic E-state index is 12.7. The molecule has 29 heavy (non-hydrogen) atoms. The van der Waals surface area contributed by atoms with Gasteiger partial charge in [-0.15, -0.1) is 0 Å². The Labute approximate surface area is 172 Å². The van der Waals surface area contributed by atoms with Crippen LogP contribution in [0.5, 0.6) is 0 Å². The molecule has 1 saturated heterocycles. The fraction of sp³-hybridized carbons (Fsp3) is 0.435. The van der Waals surface area contributed by atoms with E-state index in [0.29, 0.717) is 25.9 Å². The zero-order valence-corrected chi connectivity index (χ0v) is 17.6. The van der Waals surface area contributed by atoms with Crippen molar-refractivity contribution in [3.8, 4) is 11.3 Å². The summed E-state index contributed by atoms with van der Waals surface area (Å²) in [6.07, 6.45) is 8.26. The smallest absolute Gasteiger partial charge is 0.410 e. The van der Waals surface area contributed by atoms with Crippen molar-refractivity contribution in [1.29, 1.82) is 0 Å². The van der Waals surface area contributed by atoms with Gasteiger partial charge in [0.15, 0.2) is 5.78 Å². The minimum atomic E-state index is -0.506. The molecule has 1 aromatic carbocycles. The number of amides is 1. The summed E-state index contributed by atoms with van der Waals surface area (Å²) >= 11 is 0. The van der Waals surface area contributed by atoms with E-state index in [9.17, 15) is 9.59 Å². The van der Waals surface area contributed by atoms with Crippen molar-refractivity contribution < 1.29 is 14.3 Å². The SMILES string of the molecule is Cn1cnc(-c2ccccc2/C=C/C(=O)C2CCN(C(=O)OC(C)(C)C)CC2)c1. The summed E-state index contributed by atoms with van der Waals surface area (Å²) < 4.78 is 7.32. The number of carbonyl (C=O) groups excluding carboxylic acids is 2. The molecule has 0 unspecified atom stereocenters. The molecule has 1 fully saturated rings. The zero-order valence-electron chi connectivity index (χ0n) is 17.6. The topological polar surface area (TPSA) is 64.4 Å².